The third-order valence-corrected chi connectivity index (χ3v) is 3.64. The van der Waals surface area contributed by atoms with Crippen molar-refractivity contribution in [1.29, 1.82) is 0 Å². The molecule has 0 aliphatic heterocycles. The van der Waals surface area contributed by atoms with Gasteiger partial charge in [-0.25, -0.2) is 0 Å². The van der Waals surface area contributed by atoms with Gasteiger partial charge in [-0.3, -0.25) is 0 Å². The Kier molecular flexibility index (Phi) is 0.949. The van der Waals surface area contributed by atoms with Crippen molar-refractivity contribution < 1.29 is 0 Å². The smallest absolute Gasteiger partial charge is 0.0243 e. The molecule has 0 radical (unpaired) electrons. The molecule has 10 heavy (non-hydrogen) atoms. The highest BCUT2D eigenvalue weighted by molar-refractivity contribution is 5.22. The van der Waals surface area contributed by atoms with Crippen LogP contribution in [0.25, 0.3) is 0 Å². The molecule has 0 bridgehead atoms. The van der Waals surface area contributed by atoms with Gasteiger partial charge in [-0.15, -0.1) is 0 Å². The summed E-state index contributed by atoms with van der Waals surface area (Å²) in [4.78, 5) is 0. The Labute approximate surface area is 63.0 Å². The van der Waals surface area contributed by atoms with Gasteiger partial charge in [0.05, 0.1) is 0 Å². The molecule has 0 saturated heterocycles. The Balaban J connectivity index is 2.07. The van der Waals surface area contributed by atoms with Crippen molar-refractivity contribution in [1.82, 2.24) is 0 Å². The van der Waals surface area contributed by atoms with Crippen molar-refractivity contribution in [2.45, 2.75) is 39.2 Å². The van der Waals surface area contributed by atoms with Crippen LogP contribution in [0, 0.1) is 17.3 Å². The standard InChI is InChI=1S/C9H17N/c1-6-4-7(6)9(10)5-8(9,2)3/h6-7H,4-5,10H2,1-3H3. The molecule has 1 nitrogen and oxygen atoms in total. The summed E-state index contributed by atoms with van der Waals surface area (Å²) in [7, 11) is 0. The summed E-state index contributed by atoms with van der Waals surface area (Å²) < 4.78 is 0. The van der Waals surface area contributed by atoms with E-state index in [1.165, 1.54) is 12.8 Å². The van der Waals surface area contributed by atoms with E-state index in [2.05, 4.69) is 20.8 Å². The second-order valence-corrected chi connectivity index (χ2v) is 4.92. The molecule has 58 valence electrons. The Morgan fingerprint density at radius 2 is 1.80 bits per heavy atom. The zero-order chi connectivity index (χ0) is 7.57. The van der Waals surface area contributed by atoms with E-state index in [9.17, 15) is 0 Å². The minimum absolute atomic E-state index is 0.229. The lowest BCUT2D eigenvalue weighted by Gasteiger charge is -2.13. The topological polar surface area (TPSA) is 26.0 Å². The van der Waals surface area contributed by atoms with Gasteiger partial charge >= 0.3 is 0 Å². The molecule has 2 fully saturated rings. The fourth-order valence-electron chi connectivity index (χ4n) is 2.36. The number of nitrogens with two attached hydrogens (primary N) is 1. The number of rotatable bonds is 1. The molecule has 2 aliphatic carbocycles. The molecule has 3 atom stereocenters. The lowest BCUT2D eigenvalue weighted by atomic mass is 10.00. The zero-order valence-corrected chi connectivity index (χ0v) is 7.15. The van der Waals surface area contributed by atoms with E-state index in [1.807, 2.05) is 0 Å². The van der Waals surface area contributed by atoms with Crippen molar-refractivity contribution in [2.24, 2.45) is 23.0 Å². The van der Waals surface area contributed by atoms with Crippen LogP contribution in [0.1, 0.15) is 33.6 Å². The zero-order valence-electron chi connectivity index (χ0n) is 7.15. The van der Waals surface area contributed by atoms with E-state index in [0.717, 1.165) is 11.8 Å². The molecule has 0 aromatic rings. The predicted molar refractivity (Wildman–Crippen MR) is 42.6 cm³/mol. The molecule has 2 saturated carbocycles. The van der Waals surface area contributed by atoms with Crippen LogP contribution in [-0.2, 0) is 0 Å². The predicted octanol–water partition coefficient (Wildman–Crippen LogP) is 1.77. The Morgan fingerprint density at radius 1 is 1.40 bits per heavy atom. The van der Waals surface area contributed by atoms with E-state index in [4.69, 9.17) is 5.73 Å². The summed E-state index contributed by atoms with van der Waals surface area (Å²) in [5.41, 5.74) is 6.90. The fraction of sp³-hybridized carbons (Fsp3) is 1.00. The maximum atomic E-state index is 6.22. The summed E-state index contributed by atoms with van der Waals surface area (Å²) in [5.74, 6) is 1.76. The molecule has 3 unspecified atom stereocenters. The fourth-order valence-corrected chi connectivity index (χ4v) is 2.36. The maximum Gasteiger partial charge on any atom is 0.0243 e. The van der Waals surface area contributed by atoms with E-state index in [-0.39, 0.29) is 5.54 Å². The maximum absolute atomic E-state index is 6.22. The van der Waals surface area contributed by atoms with Crippen LogP contribution in [-0.4, -0.2) is 5.54 Å². The van der Waals surface area contributed by atoms with Gasteiger partial charge in [-0.1, -0.05) is 20.8 Å². The average Bonchev–Trinajstić information content (AvgIpc) is 2.54. The van der Waals surface area contributed by atoms with E-state index < -0.39 is 0 Å². The lowest BCUT2D eigenvalue weighted by Crippen LogP contribution is -2.31. The van der Waals surface area contributed by atoms with Crippen molar-refractivity contribution in [3.05, 3.63) is 0 Å². The van der Waals surface area contributed by atoms with Crippen molar-refractivity contribution in [3.8, 4) is 0 Å². The summed E-state index contributed by atoms with van der Waals surface area (Å²) in [6.07, 6.45) is 2.62. The minimum atomic E-state index is 0.229. The Hall–Kier alpha value is -0.0400. The highest BCUT2D eigenvalue weighted by Gasteiger charge is 2.67. The minimum Gasteiger partial charge on any atom is -0.324 e. The monoisotopic (exact) mass is 139 g/mol. The summed E-state index contributed by atoms with van der Waals surface area (Å²) in [5, 5.41) is 0. The quantitative estimate of drug-likeness (QED) is 0.588. The van der Waals surface area contributed by atoms with Gasteiger partial charge in [0.1, 0.15) is 0 Å². The molecular formula is C9H17N. The van der Waals surface area contributed by atoms with Gasteiger partial charge < -0.3 is 5.73 Å². The van der Waals surface area contributed by atoms with Crippen LogP contribution >= 0.6 is 0 Å². The first-order valence-electron chi connectivity index (χ1n) is 4.26. The first-order valence-corrected chi connectivity index (χ1v) is 4.26. The first kappa shape index (κ1) is 6.66. The average molecular weight is 139 g/mol. The van der Waals surface area contributed by atoms with Gasteiger partial charge in [0.2, 0.25) is 0 Å². The Bertz CT molecular complexity index is 174. The molecule has 2 N–H and O–H groups in total. The third-order valence-electron chi connectivity index (χ3n) is 3.64. The van der Waals surface area contributed by atoms with Crippen LogP contribution in [0.5, 0.6) is 0 Å². The molecule has 1 heteroatoms. The molecule has 0 spiro atoms. The normalized spacial score (nSPS) is 56.4. The van der Waals surface area contributed by atoms with Crippen LogP contribution in [0.3, 0.4) is 0 Å². The van der Waals surface area contributed by atoms with E-state index in [1.54, 1.807) is 0 Å². The van der Waals surface area contributed by atoms with E-state index >= 15 is 0 Å². The summed E-state index contributed by atoms with van der Waals surface area (Å²) in [6, 6.07) is 0. The molecule has 0 aromatic heterocycles. The molecular weight excluding hydrogens is 122 g/mol. The van der Waals surface area contributed by atoms with Gasteiger partial charge in [-0.2, -0.15) is 0 Å². The SMILES string of the molecule is CC1CC1C1(N)CC1(C)C. The highest BCUT2D eigenvalue weighted by Crippen LogP contribution is 2.66. The van der Waals surface area contributed by atoms with Crippen LogP contribution in [0.15, 0.2) is 0 Å². The lowest BCUT2D eigenvalue weighted by molar-refractivity contribution is 0.431. The van der Waals surface area contributed by atoms with Gasteiger partial charge in [0.25, 0.3) is 0 Å². The van der Waals surface area contributed by atoms with Crippen LogP contribution in [0.2, 0.25) is 0 Å². The number of hydrogen-bond donors (Lipinski definition) is 1. The van der Waals surface area contributed by atoms with Crippen LogP contribution < -0.4 is 5.73 Å². The molecule has 0 amide bonds. The summed E-state index contributed by atoms with van der Waals surface area (Å²) in [6.45, 7) is 6.89. The van der Waals surface area contributed by atoms with E-state index in [0.29, 0.717) is 5.41 Å². The van der Waals surface area contributed by atoms with Crippen molar-refractivity contribution >= 4 is 0 Å². The van der Waals surface area contributed by atoms with Gasteiger partial charge in [0, 0.05) is 5.54 Å². The second-order valence-electron chi connectivity index (χ2n) is 4.92. The molecule has 2 aliphatic rings. The molecule has 2 rings (SSSR count). The van der Waals surface area contributed by atoms with Crippen molar-refractivity contribution in [3.63, 3.8) is 0 Å². The largest absolute Gasteiger partial charge is 0.324 e. The van der Waals surface area contributed by atoms with Gasteiger partial charge in [-0.05, 0) is 30.1 Å². The second kappa shape index (κ2) is 1.42. The molecule has 0 heterocycles. The molecule has 0 aromatic carbocycles. The van der Waals surface area contributed by atoms with Gasteiger partial charge in [0.15, 0.2) is 0 Å². The number of hydrogen-bond acceptors (Lipinski definition) is 1. The Morgan fingerprint density at radius 3 is 1.90 bits per heavy atom. The first-order chi connectivity index (χ1) is 4.47. The van der Waals surface area contributed by atoms with Crippen molar-refractivity contribution in [2.75, 3.05) is 0 Å². The summed E-state index contributed by atoms with van der Waals surface area (Å²) >= 11 is 0. The third kappa shape index (κ3) is 0.619. The van der Waals surface area contributed by atoms with Crippen LogP contribution in [0.4, 0.5) is 0 Å². The highest BCUT2D eigenvalue weighted by atomic mass is 14.9.